The Balaban J connectivity index is 1.74. The van der Waals surface area contributed by atoms with E-state index in [2.05, 4.69) is 27.2 Å². The van der Waals surface area contributed by atoms with Gasteiger partial charge in [-0.05, 0) is 12.5 Å². The molecule has 9 nitrogen and oxygen atoms in total. The molecule has 1 amide bonds. The molecule has 0 saturated carbocycles. The predicted molar refractivity (Wildman–Crippen MR) is 137 cm³/mol. The third-order valence-corrected chi connectivity index (χ3v) is 6.71. The smallest absolute Gasteiger partial charge is 0.247 e. The van der Waals surface area contributed by atoms with Crippen LogP contribution in [0.15, 0.2) is 66.0 Å². The lowest BCUT2D eigenvalue weighted by molar-refractivity contribution is -0.118. The SMILES string of the molecule is CCCSc1nnc2c(n1)OC(c1cn(C(C)=O)nc1-c1ccccc1)N(C(C)=O)c1ccccc1-2. The Hall–Kier alpha value is -4.05. The van der Waals surface area contributed by atoms with Crippen molar-refractivity contribution in [1.82, 2.24) is 25.0 Å². The number of nitrogens with zero attached hydrogens (tertiary/aromatic N) is 6. The van der Waals surface area contributed by atoms with Crippen molar-refractivity contribution in [3.63, 3.8) is 0 Å². The highest BCUT2D eigenvalue weighted by molar-refractivity contribution is 7.99. The maximum Gasteiger partial charge on any atom is 0.247 e. The number of ether oxygens (including phenoxy) is 1. The summed E-state index contributed by atoms with van der Waals surface area (Å²) < 4.78 is 7.75. The number of carbonyl (C=O) groups excluding carboxylic acids is 2. The van der Waals surface area contributed by atoms with Crippen molar-refractivity contribution < 1.29 is 14.3 Å². The molecule has 1 aliphatic rings. The fourth-order valence-corrected chi connectivity index (χ4v) is 4.69. The van der Waals surface area contributed by atoms with Gasteiger partial charge in [0.15, 0.2) is 5.69 Å². The van der Waals surface area contributed by atoms with Gasteiger partial charge in [-0.15, -0.1) is 10.2 Å². The molecule has 36 heavy (non-hydrogen) atoms. The molecule has 2 aromatic heterocycles. The summed E-state index contributed by atoms with van der Waals surface area (Å²) in [7, 11) is 0. The molecule has 0 saturated heterocycles. The molecule has 5 rings (SSSR count). The first kappa shape index (κ1) is 23.7. The summed E-state index contributed by atoms with van der Waals surface area (Å²) in [6, 6.07) is 16.9. The largest absolute Gasteiger partial charge is 0.447 e. The van der Waals surface area contributed by atoms with Gasteiger partial charge in [0.1, 0.15) is 5.69 Å². The highest BCUT2D eigenvalue weighted by Gasteiger charge is 2.37. The van der Waals surface area contributed by atoms with E-state index in [1.807, 2.05) is 54.6 Å². The number of thioether (sulfide) groups is 1. The number of amides is 1. The Labute approximate surface area is 212 Å². The van der Waals surface area contributed by atoms with E-state index >= 15 is 0 Å². The van der Waals surface area contributed by atoms with Gasteiger partial charge >= 0.3 is 0 Å². The van der Waals surface area contributed by atoms with Crippen molar-refractivity contribution in [2.75, 3.05) is 10.7 Å². The molecule has 0 radical (unpaired) electrons. The van der Waals surface area contributed by atoms with Crippen molar-refractivity contribution in [3.8, 4) is 28.4 Å². The Bertz CT molecular complexity index is 1440. The molecule has 0 bridgehead atoms. The van der Waals surface area contributed by atoms with Gasteiger partial charge in [0.25, 0.3) is 0 Å². The molecule has 2 aromatic carbocycles. The number of carbonyl (C=O) groups is 2. The quantitative estimate of drug-likeness (QED) is 0.352. The molecule has 1 atom stereocenters. The Morgan fingerprint density at radius 2 is 1.72 bits per heavy atom. The van der Waals surface area contributed by atoms with E-state index in [0.717, 1.165) is 17.7 Å². The van der Waals surface area contributed by atoms with E-state index in [-0.39, 0.29) is 17.7 Å². The third kappa shape index (κ3) is 4.35. The van der Waals surface area contributed by atoms with Crippen molar-refractivity contribution in [2.24, 2.45) is 0 Å². The van der Waals surface area contributed by atoms with Crippen molar-refractivity contribution >= 4 is 29.3 Å². The van der Waals surface area contributed by atoms with Gasteiger partial charge in [-0.25, -0.2) is 4.68 Å². The zero-order valence-electron chi connectivity index (χ0n) is 20.1. The van der Waals surface area contributed by atoms with Crippen LogP contribution in [0, 0.1) is 0 Å². The van der Waals surface area contributed by atoms with Gasteiger partial charge in [0, 0.05) is 36.9 Å². The van der Waals surface area contributed by atoms with Gasteiger partial charge in [-0.3, -0.25) is 14.5 Å². The first-order valence-electron chi connectivity index (χ1n) is 11.6. The van der Waals surface area contributed by atoms with E-state index in [4.69, 9.17) is 4.74 Å². The van der Waals surface area contributed by atoms with Crippen LogP contribution in [0.25, 0.3) is 22.5 Å². The molecular formula is C26H24N6O3S. The summed E-state index contributed by atoms with van der Waals surface area (Å²) in [4.78, 5) is 31.6. The van der Waals surface area contributed by atoms with Crippen molar-refractivity contribution in [1.29, 1.82) is 0 Å². The topological polar surface area (TPSA) is 103 Å². The lowest BCUT2D eigenvalue weighted by Crippen LogP contribution is -2.36. The zero-order valence-corrected chi connectivity index (χ0v) is 20.9. The first-order valence-corrected chi connectivity index (χ1v) is 12.6. The number of hydrogen-bond acceptors (Lipinski definition) is 8. The average molecular weight is 501 g/mol. The number of fused-ring (bicyclic) bond motifs is 3. The minimum atomic E-state index is -0.950. The monoisotopic (exact) mass is 500 g/mol. The van der Waals surface area contributed by atoms with E-state index < -0.39 is 6.23 Å². The minimum absolute atomic E-state index is 0.247. The lowest BCUT2D eigenvalue weighted by atomic mass is 10.1. The van der Waals surface area contributed by atoms with E-state index in [1.54, 1.807) is 11.1 Å². The highest BCUT2D eigenvalue weighted by atomic mass is 32.2. The van der Waals surface area contributed by atoms with Crippen molar-refractivity contribution in [3.05, 3.63) is 66.4 Å². The fourth-order valence-electron chi connectivity index (χ4n) is 4.06. The molecule has 0 fully saturated rings. The number of para-hydroxylation sites is 1. The van der Waals surface area contributed by atoms with Crippen LogP contribution in [0.2, 0.25) is 0 Å². The van der Waals surface area contributed by atoms with Crippen molar-refractivity contribution in [2.45, 2.75) is 38.6 Å². The van der Waals surface area contributed by atoms with Crippen LogP contribution in [0.5, 0.6) is 5.88 Å². The van der Waals surface area contributed by atoms with Crippen LogP contribution >= 0.6 is 11.8 Å². The minimum Gasteiger partial charge on any atom is -0.447 e. The first-order chi connectivity index (χ1) is 17.5. The number of benzene rings is 2. The predicted octanol–water partition coefficient (Wildman–Crippen LogP) is 5.01. The second kappa shape index (κ2) is 9.90. The molecule has 1 aliphatic heterocycles. The van der Waals surface area contributed by atoms with Gasteiger partial charge in [0.05, 0.1) is 11.3 Å². The summed E-state index contributed by atoms with van der Waals surface area (Å²) in [6.07, 6.45) is 1.62. The van der Waals surface area contributed by atoms with Crippen LogP contribution in [0.1, 0.15) is 43.8 Å². The summed E-state index contributed by atoms with van der Waals surface area (Å²) in [5.74, 6) is 0.594. The van der Waals surface area contributed by atoms with Gasteiger partial charge in [0.2, 0.25) is 29.1 Å². The standard InChI is InChI=1S/C26H24N6O3S/c1-4-14-36-26-27-24-23(28-29-26)19-12-8-9-13-21(19)32(17(3)34)25(35-24)20-15-31(16(2)33)30-22(20)18-10-6-5-7-11-18/h5-13,15,25H,4,14H2,1-3H3. The molecule has 0 spiro atoms. The van der Waals surface area contributed by atoms with Crippen LogP contribution in [-0.4, -0.2) is 42.5 Å². The maximum atomic E-state index is 13.1. The van der Waals surface area contributed by atoms with Crippen LogP contribution in [-0.2, 0) is 4.79 Å². The lowest BCUT2D eigenvalue weighted by Gasteiger charge is -2.29. The Kier molecular flexibility index (Phi) is 6.51. The molecule has 4 aromatic rings. The number of anilines is 1. The molecule has 10 heteroatoms. The maximum absolute atomic E-state index is 13.1. The van der Waals surface area contributed by atoms with Crippen LogP contribution in [0.3, 0.4) is 0 Å². The molecule has 3 heterocycles. The summed E-state index contributed by atoms with van der Waals surface area (Å²) in [5.41, 5.74) is 3.60. The summed E-state index contributed by atoms with van der Waals surface area (Å²) >= 11 is 1.49. The van der Waals surface area contributed by atoms with Gasteiger partial charge in [-0.2, -0.15) is 10.1 Å². The van der Waals surface area contributed by atoms with E-state index in [0.29, 0.717) is 33.4 Å². The highest BCUT2D eigenvalue weighted by Crippen LogP contribution is 2.44. The molecule has 1 unspecified atom stereocenters. The van der Waals surface area contributed by atoms with Crippen LogP contribution in [0.4, 0.5) is 5.69 Å². The van der Waals surface area contributed by atoms with Gasteiger partial charge in [-0.1, -0.05) is 67.2 Å². The zero-order chi connectivity index (χ0) is 25.2. The second-order valence-electron chi connectivity index (χ2n) is 8.24. The summed E-state index contributed by atoms with van der Waals surface area (Å²) in [5, 5.41) is 13.8. The number of rotatable bonds is 5. The fraction of sp³-hybridized carbons (Fsp3) is 0.231. The van der Waals surface area contributed by atoms with E-state index in [9.17, 15) is 9.59 Å². The van der Waals surface area contributed by atoms with Gasteiger partial charge < -0.3 is 4.74 Å². The van der Waals surface area contributed by atoms with E-state index in [1.165, 1.54) is 30.3 Å². The average Bonchev–Trinajstić information content (AvgIpc) is 3.28. The molecular weight excluding hydrogens is 476 g/mol. The molecule has 0 N–H and O–H groups in total. The normalized spacial score (nSPS) is 14.4. The number of aromatic nitrogens is 5. The molecule has 182 valence electrons. The van der Waals surface area contributed by atoms with Crippen LogP contribution < -0.4 is 9.64 Å². The Morgan fingerprint density at radius 3 is 2.44 bits per heavy atom. The number of hydrogen-bond donors (Lipinski definition) is 0. The Morgan fingerprint density at radius 1 is 0.972 bits per heavy atom. The summed E-state index contributed by atoms with van der Waals surface area (Å²) in [6.45, 7) is 4.98. The second-order valence-corrected chi connectivity index (χ2v) is 9.30. The third-order valence-electron chi connectivity index (χ3n) is 5.66. The molecule has 0 aliphatic carbocycles.